The van der Waals surface area contributed by atoms with E-state index in [9.17, 15) is 17.9 Å². The lowest BCUT2D eigenvalue weighted by molar-refractivity contribution is 0.145. The van der Waals surface area contributed by atoms with Crippen LogP contribution in [0.3, 0.4) is 0 Å². The molecule has 1 aliphatic rings. The number of sulfonamides is 1. The molecule has 0 spiro atoms. The smallest absolute Gasteiger partial charge is 0.214 e. The molecule has 1 saturated carbocycles. The van der Waals surface area contributed by atoms with Crippen molar-refractivity contribution in [3.63, 3.8) is 0 Å². The van der Waals surface area contributed by atoms with E-state index in [2.05, 4.69) is 0 Å². The van der Waals surface area contributed by atoms with Gasteiger partial charge in [0.25, 0.3) is 0 Å². The second-order valence-electron chi connectivity index (χ2n) is 5.18. The van der Waals surface area contributed by atoms with E-state index in [1.165, 1.54) is 28.6 Å². The summed E-state index contributed by atoms with van der Waals surface area (Å²) in [6, 6.07) is 5.51. The molecule has 1 atom stereocenters. The van der Waals surface area contributed by atoms with Crippen molar-refractivity contribution in [1.82, 2.24) is 4.31 Å². The number of aliphatic hydroxyl groups excluding tert-OH is 1. The summed E-state index contributed by atoms with van der Waals surface area (Å²) in [5.41, 5.74) is 0.531. The van der Waals surface area contributed by atoms with Crippen molar-refractivity contribution in [1.29, 1.82) is 0 Å². The van der Waals surface area contributed by atoms with E-state index in [-0.39, 0.29) is 24.2 Å². The molecule has 0 radical (unpaired) electrons. The first-order valence-electron chi connectivity index (χ1n) is 6.87. The van der Waals surface area contributed by atoms with Crippen molar-refractivity contribution in [2.75, 3.05) is 12.3 Å². The largest absolute Gasteiger partial charge is 0.387 e. The Balaban J connectivity index is 2.10. The fraction of sp³-hybridized carbons (Fsp3) is 0.571. The summed E-state index contributed by atoms with van der Waals surface area (Å²) in [7, 11) is -3.32. The number of rotatable bonds is 7. The van der Waals surface area contributed by atoms with Crippen LogP contribution in [-0.2, 0) is 10.0 Å². The van der Waals surface area contributed by atoms with E-state index < -0.39 is 16.1 Å². The predicted molar refractivity (Wildman–Crippen MR) is 75.2 cm³/mol. The number of halogens is 1. The zero-order chi connectivity index (χ0) is 14.8. The molecular weight excluding hydrogens is 281 g/mol. The molecule has 20 heavy (non-hydrogen) atoms. The first kappa shape index (κ1) is 15.4. The molecule has 1 N–H and O–H groups in total. The maximum atomic E-state index is 12.9. The van der Waals surface area contributed by atoms with Crippen LogP contribution in [0.2, 0.25) is 0 Å². The zero-order valence-corrected chi connectivity index (χ0v) is 12.3. The van der Waals surface area contributed by atoms with Gasteiger partial charge >= 0.3 is 0 Å². The summed E-state index contributed by atoms with van der Waals surface area (Å²) in [5.74, 6) is -0.279. The van der Waals surface area contributed by atoms with E-state index in [1.54, 1.807) is 0 Å². The van der Waals surface area contributed by atoms with Gasteiger partial charge in [0.1, 0.15) is 5.82 Å². The van der Waals surface area contributed by atoms with E-state index in [0.717, 1.165) is 12.8 Å². The highest BCUT2D eigenvalue weighted by atomic mass is 32.2. The van der Waals surface area contributed by atoms with Gasteiger partial charge in [-0.2, -0.15) is 4.31 Å². The molecule has 1 aliphatic carbocycles. The van der Waals surface area contributed by atoms with Gasteiger partial charge < -0.3 is 5.11 Å². The molecule has 0 amide bonds. The molecular formula is C14H20FNO3S. The van der Waals surface area contributed by atoms with Crippen LogP contribution in [0.4, 0.5) is 4.39 Å². The minimum Gasteiger partial charge on any atom is -0.387 e. The van der Waals surface area contributed by atoms with Crippen molar-refractivity contribution in [2.45, 2.75) is 38.3 Å². The quantitative estimate of drug-likeness (QED) is 0.838. The Morgan fingerprint density at radius 2 is 1.95 bits per heavy atom. The Hall–Kier alpha value is -0.980. The third kappa shape index (κ3) is 3.77. The van der Waals surface area contributed by atoms with Gasteiger partial charge in [-0.05, 0) is 37.0 Å². The summed E-state index contributed by atoms with van der Waals surface area (Å²) in [5, 5.41) is 10.2. The highest BCUT2D eigenvalue weighted by Gasteiger charge is 2.37. The zero-order valence-electron chi connectivity index (χ0n) is 11.5. The van der Waals surface area contributed by atoms with Crippen molar-refractivity contribution >= 4 is 10.0 Å². The van der Waals surface area contributed by atoms with Gasteiger partial charge in [0.2, 0.25) is 10.0 Å². The van der Waals surface area contributed by atoms with Crippen LogP contribution in [0.25, 0.3) is 0 Å². The van der Waals surface area contributed by atoms with E-state index >= 15 is 0 Å². The van der Waals surface area contributed by atoms with Crippen LogP contribution in [0.5, 0.6) is 0 Å². The van der Waals surface area contributed by atoms with E-state index in [1.807, 2.05) is 6.92 Å². The topological polar surface area (TPSA) is 57.6 Å². The Labute approximate surface area is 119 Å². The predicted octanol–water partition coefficient (Wildman–Crippen LogP) is 2.06. The summed E-state index contributed by atoms with van der Waals surface area (Å²) in [6.45, 7) is 1.86. The molecule has 4 nitrogen and oxygen atoms in total. The van der Waals surface area contributed by atoms with Crippen LogP contribution < -0.4 is 0 Å². The second-order valence-corrected chi connectivity index (χ2v) is 7.23. The number of hydrogen-bond acceptors (Lipinski definition) is 3. The Kier molecular flexibility index (Phi) is 4.78. The lowest BCUT2D eigenvalue weighted by Crippen LogP contribution is -2.38. The first-order chi connectivity index (χ1) is 9.44. The van der Waals surface area contributed by atoms with Gasteiger partial charge in [0.15, 0.2) is 0 Å². The molecule has 2 rings (SSSR count). The van der Waals surface area contributed by atoms with Gasteiger partial charge in [-0.15, -0.1) is 0 Å². The Morgan fingerprint density at radius 3 is 2.45 bits per heavy atom. The minimum absolute atomic E-state index is 0.0154. The van der Waals surface area contributed by atoms with E-state index in [0.29, 0.717) is 12.0 Å². The Morgan fingerprint density at radius 1 is 1.35 bits per heavy atom. The monoisotopic (exact) mass is 301 g/mol. The average Bonchev–Trinajstić information content (AvgIpc) is 3.20. The summed E-state index contributed by atoms with van der Waals surface area (Å²) >= 11 is 0. The van der Waals surface area contributed by atoms with E-state index in [4.69, 9.17) is 0 Å². The van der Waals surface area contributed by atoms with Crippen LogP contribution in [0.15, 0.2) is 24.3 Å². The number of aliphatic hydroxyl groups is 1. The summed E-state index contributed by atoms with van der Waals surface area (Å²) < 4.78 is 38.6. The van der Waals surface area contributed by atoms with Gasteiger partial charge in [-0.25, -0.2) is 12.8 Å². The normalized spacial score (nSPS) is 17.4. The maximum Gasteiger partial charge on any atom is 0.214 e. The molecule has 0 heterocycles. The fourth-order valence-electron chi connectivity index (χ4n) is 2.19. The van der Waals surface area contributed by atoms with Crippen LogP contribution in [0.1, 0.15) is 37.9 Å². The highest BCUT2D eigenvalue weighted by molar-refractivity contribution is 7.89. The second kappa shape index (κ2) is 6.20. The molecule has 0 bridgehead atoms. The molecule has 6 heteroatoms. The van der Waals surface area contributed by atoms with Crippen LogP contribution in [0, 0.1) is 5.82 Å². The van der Waals surface area contributed by atoms with Gasteiger partial charge in [0.05, 0.1) is 11.9 Å². The molecule has 1 fully saturated rings. The number of benzene rings is 1. The average molecular weight is 301 g/mol. The SMILES string of the molecule is CCCS(=O)(=O)N(C[C@H](O)c1ccc(F)cc1)C1CC1. The van der Waals surface area contributed by atoms with Crippen molar-refractivity contribution in [3.8, 4) is 0 Å². The number of hydrogen-bond donors (Lipinski definition) is 1. The van der Waals surface area contributed by atoms with Crippen molar-refractivity contribution in [3.05, 3.63) is 35.6 Å². The fourth-order valence-corrected chi connectivity index (χ4v) is 3.97. The third-order valence-corrected chi connectivity index (χ3v) is 5.47. The standard InChI is InChI=1S/C14H20FNO3S/c1-2-9-20(18,19)16(13-7-8-13)10-14(17)11-3-5-12(15)6-4-11/h3-6,13-14,17H,2,7-10H2,1H3/t14-/m0/s1. The molecule has 0 aromatic heterocycles. The molecule has 1 aromatic carbocycles. The molecule has 0 aliphatic heterocycles. The first-order valence-corrected chi connectivity index (χ1v) is 8.48. The van der Waals surface area contributed by atoms with Crippen molar-refractivity contribution < 1.29 is 17.9 Å². The third-order valence-electron chi connectivity index (χ3n) is 3.38. The van der Waals surface area contributed by atoms with Crippen LogP contribution in [-0.4, -0.2) is 36.2 Å². The van der Waals surface area contributed by atoms with Gasteiger partial charge in [-0.1, -0.05) is 19.1 Å². The molecule has 0 saturated heterocycles. The molecule has 112 valence electrons. The summed E-state index contributed by atoms with van der Waals surface area (Å²) in [6.07, 6.45) is 1.32. The minimum atomic E-state index is -3.32. The maximum absolute atomic E-state index is 12.9. The highest BCUT2D eigenvalue weighted by Crippen LogP contribution is 2.31. The summed E-state index contributed by atoms with van der Waals surface area (Å²) in [4.78, 5) is 0. The number of nitrogens with zero attached hydrogens (tertiary/aromatic N) is 1. The Bertz CT molecular complexity index is 540. The molecule has 0 unspecified atom stereocenters. The lowest BCUT2D eigenvalue weighted by atomic mass is 10.1. The van der Waals surface area contributed by atoms with Gasteiger partial charge in [0, 0.05) is 12.6 Å². The lowest BCUT2D eigenvalue weighted by Gasteiger charge is -2.24. The van der Waals surface area contributed by atoms with Crippen LogP contribution >= 0.6 is 0 Å². The van der Waals surface area contributed by atoms with Crippen molar-refractivity contribution in [2.24, 2.45) is 0 Å². The van der Waals surface area contributed by atoms with Gasteiger partial charge in [-0.3, -0.25) is 0 Å². The molecule has 1 aromatic rings.